The number of amides is 1. The number of esters is 1. The molecular formula is C7H14ClNO3. The topological polar surface area (TPSA) is 55.4 Å². The van der Waals surface area contributed by atoms with Gasteiger partial charge < -0.3 is 10.1 Å². The van der Waals surface area contributed by atoms with Crippen molar-refractivity contribution in [3.8, 4) is 0 Å². The van der Waals surface area contributed by atoms with E-state index in [0.29, 0.717) is 6.54 Å². The van der Waals surface area contributed by atoms with E-state index in [-0.39, 0.29) is 18.5 Å². The molecule has 0 saturated carbocycles. The zero-order valence-corrected chi connectivity index (χ0v) is 8.27. The van der Waals surface area contributed by atoms with Crippen molar-refractivity contribution in [2.45, 2.75) is 13.8 Å². The molecule has 0 radical (unpaired) electrons. The molecule has 1 amide bonds. The molecule has 0 unspecified atom stereocenters. The van der Waals surface area contributed by atoms with E-state index in [1.165, 1.54) is 20.2 Å². The molecule has 0 spiro atoms. The summed E-state index contributed by atoms with van der Waals surface area (Å²) in [5.74, 6) is -0.447. The first kappa shape index (κ1) is 13.8. The van der Waals surface area contributed by atoms with E-state index in [2.05, 4.69) is 21.7 Å². The maximum Gasteiger partial charge on any atom is 0.302 e. The van der Waals surface area contributed by atoms with Gasteiger partial charge in [0.15, 0.2) is 0 Å². The lowest BCUT2D eigenvalue weighted by atomic mass is 10.6. The first-order valence-corrected chi connectivity index (χ1v) is 4.14. The Morgan fingerprint density at radius 3 is 2.17 bits per heavy atom. The van der Waals surface area contributed by atoms with Gasteiger partial charge in [-0.2, -0.15) is 0 Å². The van der Waals surface area contributed by atoms with Crippen LogP contribution >= 0.6 is 11.6 Å². The highest BCUT2D eigenvalue weighted by atomic mass is 35.5. The normalized spacial score (nSPS) is 7.67. The lowest BCUT2D eigenvalue weighted by Gasteiger charge is -2.00. The third kappa shape index (κ3) is 16.1. The summed E-state index contributed by atoms with van der Waals surface area (Å²) in [4.78, 5) is 20.4. The van der Waals surface area contributed by atoms with Gasteiger partial charge in [-0.25, -0.2) is 0 Å². The maximum absolute atomic E-state index is 10.2. The summed E-state index contributed by atoms with van der Waals surface area (Å²) in [6, 6.07) is 0. The Labute approximate surface area is 77.2 Å². The highest BCUT2D eigenvalue weighted by Crippen LogP contribution is 1.73. The average molecular weight is 196 g/mol. The summed E-state index contributed by atoms with van der Waals surface area (Å²) in [5.41, 5.74) is 0. The van der Waals surface area contributed by atoms with Gasteiger partial charge in [0, 0.05) is 20.2 Å². The zero-order valence-electron chi connectivity index (χ0n) is 7.52. The van der Waals surface area contributed by atoms with E-state index in [4.69, 9.17) is 0 Å². The van der Waals surface area contributed by atoms with Crippen molar-refractivity contribution in [2.24, 2.45) is 0 Å². The highest BCUT2D eigenvalue weighted by molar-refractivity contribution is 6.15. The minimum Gasteiger partial charge on any atom is -0.464 e. The van der Waals surface area contributed by atoms with E-state index >= 15 is 0 Å². The van der Waals surface area contributed by atoms with Crippen LogP contribution in [0.5, 0.6) is 0 Å². The second kappa shape index (κ2) is 10.2. The summed E-state index contributed by atoms with van der Waals surface area (Å²) < 4.78 is 4.54. The molecule has 0 aliphatic carbocycles. The number of halogens is 1. The van der Waals surface area contributed by atoms with Crippen LogP contribution in [0.3, 0.4) is 0 Å². The maximum atomic E-state index is 10.2. The lowest BCUT2D eigenvalue weighted by molar-refractivity contribution is -0.141. The van der Waals surface area contributed by atoms with Crippen molar-refractivity contribution >= 4 is 23.5 Å². The van der Waals surface area contributed by atoms with Crippen LogP contribution in [0.15, 0.2) is 0 Å². The van der Waals surface area contributed by atoms with Gasteiger partial charge in [-0.1, -0.05) is 0 Å². The number of hydrogen-bond donors (Lipinski definition) is 1. The smallest absolute Gasteiger partial charge is 0.302 e. The van der Waals surface area contributed by atoms with Gasteiger partial charge in [0.2, 0.25) is 5.91 Å². The summed E-state index contributed by atoms with van der Waals surface area (Å²) >= 11 is 4.64. The van der Waals surface area contributed by atoms with E-state index < -0.39 is 0 Å². The van der Waals surface area contributed by atoms with Crippen molar-refractivity contribution in [2.75, 3.05) is 19.5 Å². The van der Waals surface area contributed by atoms with E-state index in [1.807, 2.05) is 0 Å². The van der Waals surface area contributed by atoms with E-state index in [9.17, 15) is 9.59 Å². The molecule has 0 aliphatic heterocycles. The third-order valence-corrected chi connectivity index (χ3v) is 0.781. The molecule has 0 atom stereocenters. The molecule has 0 aromatic heterocycles. The largest absolute Gasteiger partial charge is 0.464 e. The fourth-order valence-electron chi connectivity index (χ4n) is 0.422. The van der Waals surface area contributed by atoms with Crippen LogP contribution in [0.1, 0.15) is 13.8 Å². The van der Waals surface area contributed by atoms with Crippen LogP contribution in [0, 0.1) is 0 Å². The van der Waals surface area contributed by atoms with Crippen molar-refractivity contribution in [1.82, 2.24) is 5.32 Å². The zero-order chi connectivity index (χ0) is 9.98. The molecule has 0 aromatic rings. The van der Waals surface area contributed by atoms with Crippen LogP contribution in [0.25, 0.3) is 0 Å². The van der Waals surface area contributed by atoms with Crippen LogP contribution < -0.4 is 5.32 Å². The number of alkyl halides is 1. The Bertz CT molecular complexity index is 123. The Hall–Kier alpha value is -0.770. The van der Waals surface area contributed by atoms with Gasteiger partial charge in [-0.05, 0) is 0 Å². The monoisotopic (exact) mass is 195 g/mol. The van der Waals surface area contributed by atoms with Gasteiger partial charge in [0.25, 0.3) is 0 Å². The molecule has 0 fully saturated rings. The summed E-state index contributed by atoms with van der Waals surface area (Å²) in [6.07, 6.45) is 1.47. The molecular weight excluding hydrogens is 182 g/mol. The summed E-state index contributed by atoms with van der Waals surface area (Å²) in [5, 5.41) is 2.48. The molecule has 0 aliphatic rings. The SMILES string of the molecule is CC(=O)NCCOC(C)=O.CCl. The number of rotatable bonds is 3. The van der Waals surface area contributed by atoms with Crippen LogP contribution in [0.4, 0.5) is 0 Å². The predicted molar refractivity (Wildman–Crippen MR) is 47.1 cm³/mol. The molecule has 0 aromatic carbocycles. The van der Waals surface area contributed by atoms with Gasteiger partial charge in [-0.15, -0.1) is 11.6 Å². The van der Waals surface area contributed by atoms with Crippen LogP contribution in [0.2, 0.25) is 0 Å². The second-order valence-electron chi connectivity index (χ2n) is 1.82. The number of ether oxygens (including phenoxy) is 1. The number of nitrogens with one attached hydrogen (secondary N) is 1. The summed E-state index contributed by atoms with van der Waals surface area (Å²) in [7, 11) is 0. The minimum atomic E-state index is -0.328. The standard InChI is InChI=1S/C6H11NO3.CH3Cl/c1-5(8)7-3-4-10-6(2)9;1-2/h3-4H2,1-2H3,(H,7,8);1H3. The molecule has 0 bridgehead atoms. The molecule has 4 nitrogen and oxygen atoms in total. The molecule has 5 heteroatoms. The minimum absolute atomic E-state index is 0.118. The van der Waals surface area contributed by atoms with Gasteiger partial charge in [-0.3, -0.25) is 9.59 Å². The quantitative estimate of drug-likeness (QED) is 0.406. The van der Waals surface area contributed by atoms with Crippen molar-refractivity contribution in [3.63, 3.8) is 0 Å². The van der Waals surface area contributed by atoms with Crippen molar-refractivity contribution < 1.29 is 14.3 Å². The molecule has 1 N–H and O–H groups in total. The van der Waals surface area contributed by atoms with Gasteiger partial charge in [0.1, 0.15) is 6.61 Å². The second-order valence-corrected chi connectivity index (χ2v) is 1.82. The predicted octanol–water partition coefficient (Wildman–Crippen LogP) is 0.541. The molecule has 12 heavy (non-hydrogen) atoms. The molecule has 0 rings (SSSR count). The Kier molecular flexibility index (Phi) is 11.8. The Morgan fingerprint density at radius 2 is 1.83 bits per heavy atom. The number of carbonyl (C=O) groups excluding carboxylic acids is 2. The van der Waals surface area contributed by atoms with Gasteiger partial charge in [0.05, 0.1) is 6.54 Å². The molecule has 0 saturated heterocycles. The average Bonchev–Trinajstić information content (AvgIpc) is 2.02. The van der Waals surface area contributed by atoms with Crippen LogP contribution in [-0.4, -0.2) is 31.4 Å². The van der Waals surface area contributed by atoms with Crippen LogP contribution in [-0.2, 0) is 14.3 Å². The van der Waals surface area contributed by atoms with E-state index in [1.54, 1.807) is 0 Å². The summed E-state index contributed by atoms with van der Waals surface area (Å²) in [6.45, 7) is 3.37. The lowest BCUT2D eigenvalue weighted by Crippen LogP contribution is -2.24. The van der Waals surface area contributed by atoms with E-state index in [0.717, 1.165) is 0 Å². The molecule has 0 heterocycles. The highest BCUT2D eigenvalue weighted by Gasteiger charge is 1.92. The number of hydrogen-bond acceptors (Lipinski definition) is 3. The fraction of sp³-hybridized carbons (Fsp3) is 0.714. The first-order valence-electron chi connectivity index (χ1n) is 3.38. The fourth-order valence-corrected chi connectivity index (χ4v) is 0.422. The Balaban J connectivity index is 0. The number of carbonyl (C=O) groups is 2. The van der Waals surface area contributed by atoms with Gasteiger partial charge >= 0.3 is 5.97 Å². The Morgan fingerprint density at radius 1 is 1.33 bits per heavy atom. The first-order chi connectivity index (χ1) is 5.63. The van der Waals surface area contributed by atoms with Crippen molar-refractivity contribution in [3.05, 3.63) is 0 Å². The van der Waals surface area contributed by atoms with Crippen molar-refractivity contribution in [1.29, 1.82) is 0 Å². The molecule has 72 valence electrons. The third-order valence-electron chi connectivity index (χ3n) is 0.781.